The minimum absolute atomic E-state index is 0.0150. The molecule has 10 heteroatoms. The maximum absolute atomic E-state index is 12.5. The second-order valence-corrected chi connectivity index (χ2v) is 7.76. The van der Waals surface area contributed by atoms with E-state index >= 15 is 0 Å². The lowest BCUT2D eigenvalue weighted by Crippen LogP contribution is -2.34. The number of halogens is 1. The predicted molar refractivity (Wildman–Crippen MR) is 119 cm³/mol. The number of ether oxygens (including phenoxy) is 2. The van der Waals surface area contributed by atoms with E-state index in [4.69, 9.17) is 25.5 Å². The van der Waals surface area contributed by atoms with Crippen LogP contribution in [0.3, 0.4) is 0 Å². The average Bonchev–Trinajstić information content (AvgIpc) is 3.09. The third-order valence-electron chi connectivity index (χ3n) is 5.12. The second-order valence-electron chi connectivity index (χ2n) is 7.43. The van der Waals surface area contributed by atoms with Crippen molar-refractivity contribution in [3.05, 3.63) is 47.1 Å². The molecule has 1 aromatic carbocycles. The molecule has 3 aromatic heterocycles. The number of nitrogens with zero attached hydrogens (tertiary/aromatic N) is 3. The Bertz CT molecular complexity index is 1340. The van der Waals surface area contributed by atoms with Gasteiger partial charge >= 0.3 is 0 Å². The van der Waals surface area contributed by atoms with Crippen molar-refractivity contribution in [2.45, 2.75) is 26.5 Å². The molecule has 4 aromatic rings. The first kappa shape index (κ1) is 20.5. The van der Waals surface area contributed by atoms with E-state index in [2.05, 4.69) is 25.6 Å². The molecule has 5 rings (SSSR count). The van der Waals surface area contributed by atoms with Crippen molar-refractivity contribution in [1.82, 2.24) is 20.3 Å². The summed E-state index contributed by atoms with van der Waals surface area (Å²) in [6.45, 7) is 5.27. The first-order valence-corrected chi connectivity index (χ1v) is 10.6. The van der Waals surface area contributed by atoms with E-state index < -0.39 is 0 Å². The van der Waals surface area contributed by atoms with E-state index in [0.29, 0.717) is 48.0 Å². The van der Waals surface area contributed by atoms with Crippen LogP contribution in [-0.4, -0.2) is 40.1 Å². The molecule has 0 unspecified atom stereocenters. The summed E-state index contributed by atoms with van der Waals surface area (Å²) in [6, 6.07) is 7.22. The Hall–Kier alpha value is -3.43. The van der Waals surface area contributed by atoms with Gasteiger partial charge in [-0.2, -0.15) is 4.98 Å². The zero-order chi connectivity index (χ0) is 22.2. The van der Waals surface area contributed by atoms with Crippen molar-refractivity contribution in [3.63, 3.8) is 0 Å². The highest BCUT2D eigenvalue weighted by Gasteiger charge is 2.26. The lowest BCUT2D eigenvalue weighted by atomic mass is 10.1. The Labute approximate surface area is 188 Å². The van der Waals surface area contributed by atoms with Gasteiger partial charge in [-0.25, -0.2) is 9.97 Å². The predicted octanol–water partition coefficient (Wildman–Crippen LogP) is 4.30. The SMILES string of the molecule is CCOCc1cnc(Cl)nc1Oc1ccc2c(ccc3oc4c(c32)NC[C@@H](C)NC4=O)n1. The van der Waals surface area contributed by atoms with Crippen LogP contribution in [0.4, 0.5) is 5.69 Å². The van der Waals surface area contributed by atoms with Gasteiger partial charge in [0.2, 0.25) is 22.8 Å². The molecule has 32 heavy (non-hydrogen) atoms. The molecule has 4 heterocycles. The van der Waals surface area contributed by atoms with Crippen LogP contribution in [-0.2, 0) is 11.3 Å². The first-order chi connectivity index (χ1) is 15.5. The molecule has 1 aliphatic rings. The molecule has 164 valence electrons. The van der Waals surface area contributed by atoms with Crippen LogP contribution in [0.5, 0.6) is 11.8 Å². The summed E-state index contributed by atoms with van der Waals surface area (Å²) < 4.78 is 17.2. The highest BCUT2D eigenvalue weighted by atomic mass is 35.5. The number of nitrogens with one attached hydrogen (secondary N) is 2. The molecule has 1 atom stereocenters. The molecule has 1 aliphatic heterocycles. The fraction of sp³-hybridized carbons (Fsp3) is 0.273. The summed E-state index contributed by atoms with van der Waals surface area (Å²) >= 11 is 5.95. The minimum Gasteiger partial charge on any atom is -0.449 e. The van der Waals surface area contributed by atoms with Crippen LogP contribution >= 0.6 is 11.6 Å². The maximum atomic E-state index is 12.5. The smallest absolute Gasteiger partial charge is 0.289 e. The first-order valence-electron chi connectivity index (χ1n) is 10.2. The highest BCUT2D eigenvalue weighted by Crippen LogP contribution is 2.38. The molecule has 1 amide bonds. The van der Waals surface area contributed by atoms with Gasteiger partial charge in [0.25, 0.3) is 5.91 Å². The summed E-state index contributed by atoms with van der Waals surface area (Å²) in [7, 11) is 0. The topological polar surface area (TPSA) is 111 Å². The molecule has 0 saturated heterocycles. The number of hydrogen-bond donors (Lipinski definition) is 2. The fourth-order valence-corrected chi connectivity index (χ4v) is 3.76. The number of pyridine rings is 1. The van der Waals surface area contributed by atoms with Crippen LogP contribution in [0.25, 0.3) is 21.9 Å². The van der Waals surface area contributed by atoms with Crippen LogP contribution in [0.15, 0.2) is 34.9 Å². The van der Waals surface area contributed by atoms with E-state index in [1.807, 2.05) is 26.0 Å². The van der Waals surface area contributed by atoms with Crippen molar-refractivity contribution >= 4 is 45.1 Å². The van der Waals surface area contributed by atoms with Crippen LogP contribution < -0.4 is 15.4 Å². The summed E-state index contributed by atoms with van der Waals surface area (Å²) in [5.41, 5.74) is 2.63. The monoisotopic (exact) mass is 453 g/mol. The maximum Gasteiger partial charge on any atom is 0.289 e. The van der Waals surface area contributed by atoms with Gasteiger partial charge in [0.1, 0.15) is 5.58 Å². The molecular weight excluding hydrogens is 434 g/mol. The van der Waals surface area contributed by atoms with Gasteiger partial charge in [0.15, 0.2) is 0 Å². The van der Waals surface area contributed by atoms with E-state index in [0.717, 1.165) is 10.8 Å². The fourth-order valence-electron chi connectivity index (χ4n) is 3.63. The van der Waals surface area contributed by atoms with Crippen molar-refractivity contribution in [3.8, 4) is 11.8 Å². The Morgan fingerprint density at radius 3 is 2.97 bits per heavy atom. The zero-order valence-corrected chi connectivity index (χ0v) is 18.2. The molecule has 0 radical (unpaired) electrons. The van der Waals surface area contributed by atoms with Crippen molar-refractivity contribution in [2.24, 2.45) is 0 Å². The number of carbonyl (C=O) groups excluding carboxylic acids is 1. The van der Waals surface area contributed by atoms with E-state index in [9.17, 15) is 4.79 Å². The number of anilines is 1. The van der Waals surface area contributed by atoms with Crippen LogP contribution in [0, 0.1) is 0 Å². The number of carbonyl (C=O) groups is 1. The Morgan fingerprint density at radius 1 is 1.25 bits per heavy atom. The average molecular weight is 454 g/mol. The third-order valence-corrected chi connectivity index (χ3v) is 5.31. The molecule has 0 bridgehead atoms. The van der Waals surface area contributed by atoms with Gasteiger partial charge in [-0.15, -0.1) is 0 Å². The molecule has 9 nitrogen and oxygen atoms in total. The molecule has 0 saturated carbocycles. The number of hydrogen-bond acceptors (Lipinski definition) is 8. The van der Waals surface area contributed by atoms with Gasteiger partial charge in [0, 0.05) is 36.8 Å². The van der Waals surface area contributed by atoms with Gasteiger partial charge in [-0.1, -0.05) is 0 Å². The van der Waals surface area contributed by atoms with Crippen molar-refractivity contribution < 1.29 is 18.7 Å². The summed E-state index contributed by atoms with van der Waals surface area (Å²) in [5.74, 6) is 0.666. The summed E-state index contributed by atoms with van der Waals surface area (Å²) in [5, 5.41) is 7.95. The largest absolute Gasteiger partial charge is 0.449 e. The van der Waals surface area contributed by atoms with E-state index in [1.54, 1.807) is 18.3 Å². The molecule has 0 fully saturated rings. The highest BCUT2D eigenvalue weighted by molar-refractivity contribution is 6.28. The Balaban J connectivity index is 1.55. The zero-order valence-electron chi connectivity index (χ0n) is 17.4. The molecule has 2 N–H and O–H groups in total. The lowest BCUT2D eigenvalue weighted by molar-refractivity contribution is 0.0920. The molecular formula is C22H20ClN5O4. The lowest BCUT2D eigenvalue weighted by Gasteiger charge is -2.11. The van der Waals surface area contributed by atoms with Crippen molar-refractivity contribution in [1.29, 1.82) is 0 Å². The Kier molecular flexibility index (Phi) is 5.28. The van der Waals surface area contributed by atoms with Crippen LogP contribution in [0.2, 0.25) is 5.28 Å². The number of rotatable bonds is 5. The number of fused-ring (bicyclic) bond motifs is 5. The van der Waals surface area contributed by atoms with Gasteiger partial charge in [-0.3, -0.25) is 4.79 Å². The summed E-state index contributed by atoms with van der Waals surface area (Å²) in [6.07, 6.45) is 1.57. The number of benzene rings is 1. The summed E-state index contributed by atoms with van der Waals surface area (Å²) in [4.78, 5) is 25.3. The van der Waals surface area contributed by atoms with Crippen molar-refractivity contribution in [2.75, 3.05) is 18.5 Å². The number of aromatic nitrogens is 3. The number of amides is 1. The van der Waals surface area contributed by atoms with Gasteiger partial charge < -0.3 is 24.5 Å². The normalized spacial score (nSPS) is 15.8. The standard InChI is InChI=1S/C22H20ClN5O4/c1-3-30-10-12-9-25-22(23)28-21(12)32-16-7-4-13-14(27-16)5-6-15-17(13)18-19(31-15)20(29)26-11(2)8-24-18/h4-7,9,11,24H,3,8,10H2,1-2H3,(H,26,29)/t11-/m1/s1. The van der Waals surface area contributed by atoms with Gasteiger partial charge in [0.05, 0.1) is 28.8 Å². The Morgan fingerprint density at radius 2 is 2.12 bits per heavy atom. The number of furan rings is 1. The second kappa shape index (κ2) is 8.25. The minimum atomic E-state index is -0.239. The van der Waals surface area contributed by atoms with Gasteiger partial charge in [-0.05, 0) is 43.6 Å². The van der Waals surface area contributed by atoms with Crippen LogP contribution in [0.1, 0.15) is 30.0 Å². The van der Waals surface area contributed by atoms with E-state index in [-0.39, 0.29) is 28.9 Å². The van der Waals surface area contributed by atoms with E-state index in [1.165, 1.54) is 0 Å². The molecule has 0 aliphatic carbocycles. The quantitative estimate of drug-likeness (QED) is 0.430. The molecule has 0 spiro atoms. The third kappa shape index (κ3) is 3.69.